The Bertz CT molecular complexity index is 1420. The monoisotopic (exact) mass is 458 g/mol. The third-order valence-corrected chi connectivity index (χ3v) is 5.04. The highest BCUT2D eigenvalue weighted by Gasteiger charge is 2.20. The summed E-state index contributed by atoms with van der Waals surface area (Å²) in [6, 6.07) is 17.7. The van der Waals surface area contributed by atoms with Crippen molar-refractivity contribution in [3.63, 3.8) is 0 Å². The summed E-state index contributed by atoms with van der Waals surface area (Å²) in [6.45, 7) is 3.29. The molecule has 2 aromatic carbocycles. The third kappa shape index (κ3) is 4.61. The zero-order valence-electron chi connectivity index (χ0n) is 18.8. The number of allylic oxidation sites excluding steroid dienone is 1. The molecule has 0 amide bonds. The van der Waals surface area contributed by atoms with E-state index in [1.54, 1.807) is 43.0 Å². The number of carbonyl (C=O) groups excluding carboxylic acids is 1. The van der Waals surface area contributed by atoms with Crippen LogP contribution in [0.25, 0.3) is 11.8 Å². The quantitative estimate of drug-likeness (QED) is 0.312. The number of ether oxygens (including phenoxy) is 2. The molecule has 0 saturated heterocycles. The Balaban J connectivity index is 1.76. The van der Waals surface area contributed by atoms with Crippen molar-refractivity contribution in [3.05, 3.63) is 99.7 Å². The first-order chi connectivity index (χ1) is 16.4. The Labute approximate surface area is 195 Å². The third-order valence-electron chi connectivity index (χ3n) is 5.04. The molecule has 0 aliphatic rings. The molecular weight excluding hydrogens is 436 g/mol. The number of benzene rings is 2. The lowest BCUT2D eigenvalue weighted by atomic mass is 10.1. The number of aromatic nitrogens is 2. The molecule has 34 heavy (non-hydrogen) atoms. The van der Waals surface area contributed by atoms with Crippen LogP contribution in [-0.4, -0.2) is 27.8 Å². The predicted molar refractivity (Wildman–Crippen MR) is 126 cm³/mol. The number of para-hydroxylation sites is 1. The van der Waals surface area contributed by atoms with Crippen LogP contribution in [0.15, 0.2) is 76.0 Å². The van der Waals surface area contributed by atoms with E-state index in [0.29, 0.717) is 28.6 Å². The molecule has 0 unspecified atom stereocenters. The summed E-state index contributed by atoms with van der Waals surface area (Å²) in [5, 5.41) is 14.7. The number of hydrogen-bond acceptors (Lipinski definition) is 7. The van der Waals surface area contributed by atoms with Crippen molar-refractivity contribution in [3.8, 4) is 28.8 Å². The number of nitrogens with zero attached hydrogens (tertiary/aromatic N) is 2. The molecule has 172 valence electrons. The van der Waals surface area contributed by atoms with Crippen molar-refractivity contribution in [2.45, 2.75) is 13.8 Å². The molecule has 4 rings (SSSR count). The van der Waals surface area contributed by atoms with Crippen molar-refractivity contribution < 1.29 is 23.8 Å². The van der Waals surface area contributed by atoms with Gasteiger partial charge >= 0.3 is 5.63 Å². The normalized spacial score (nSPS) is 11.0. The predicted octanol–water partition coefficient (Wildman–Crippen LogP) is 4.84. The second kappa shape index (κ2) is 9.50. The first-order valence-electron chi connectivity index (χ1n) is 10.4. The molecule has 1 N–H and O–H groups in total. The van der Waals surface area contributed by atoms with Gasteiger partial charge in [0.2, 0.25) is 5.88 Å². The topological polar surface area (TPSA) is 104 Å². The maximum atomic E-state index is 12.7. The van der Waals surface area contributed by atoms with Gasteiger partial charge in [0.1, 0.15) is 28.6 Å². The van der Waals surface area contributed by atoms with Crippen molar-refractivity contribution >= 4 is 11.9 Å². The van der Waals surface area contributed by atoms with Crippen molar-refractivity contribution in [2.75, 3.05) is 7.11 Å². The lowest BCUT2D eigenvalue weighted by Crippen LogP contribution is -2.13. The van der Waals surface area contributed by atoms with Gasteiger partial charge in [0.15, 0.2) is 5.78 Å². The van der Waals surface area contributed by atoms with Crippen LogP contribution in [0.1, 0.15) is 27.4 Å². The fraction of sp³-hybridized carbons (Fsp3) is 0.115. The number of hydrogen-bond donors (Lipinski definition) is 1. The van der Waals surface area contributed by atoms with Gasteiger partial charge in [-0.15, -0.1) is 0 Å². The van der Waals surface area contributed by atoms with Crippen molar-refractivity contribution in [1.82, 2.24) is 9.78 Å². The van der Waals surface area contributed by atoms with E-state index in [2.05, 4.69) is 5.10 Å². The van der Waals surface area contributed by atoms with Gasteiger partial charge in [0.05, 0.1) is 24.1 Å². The molecule has 0 aliphatic carbocycles. The molecule has 2 aromatic heterocycles. The van der Waals surface area contributed by atoms with E-state index in [-0.39, 0.29) is 5.76 Å². The van der Waals surface area contributed by atoms with E-state index in [9.17, 15) is 14.7 Å². The van der Waals surface area contributed by atoms with Gasteiger partial charge in [-0.3, -0.25) is 4.79 Å². The molecule has 0 radical (unpaired) electrons. The number of aryl methyl sites for hydroxylation is 2. The maximum absolute atomic E-state index is 12.7. The number of aromatic hydroxyl groups is 1. The SMILES string of the molecule is COc1ccc(Oc2c(/C=C/C(=O)c3c(O)cc(C)oc3=O)c(C)nn2-c2ccccc2)cc1. The summed E-state index contributed by atoms with van der Waals surface area (Å²) in [6.07, 6.45) is 2.68. The highest BCUT2D eigenvalue weighted by Crippen LogP contribution is 2.32. The lowest BCUT2D eigenvalue weighted by molar-refractivity contribution is 0.104. The molecule has 8 nitrogen and oxygen atoms in total. The second-order valence-electron chi connectivity index (χ2n) is 7.43. The molecular formula is C26H22N2O6. The fourth-order valence-corrected chi connectivity index (χ4v) is 3.37. The molecule has 0 spiro atoms. The van der Waals surface area contributed by atoms with Crippen LogP contribution in [0.3, 0.4) is 0 Å². The average molecular weight is 458 g/mol. The zero-order valence-corrected chi connectivity index (χ0v) is 18.8. The Hall–Kier alpha value is -4.59. The van der Waals surface area contributed by atoms with Gasteiger partial charge in [-0.2, -0.15) is 9.78 Å². The van der Waals surface area contributed by atoms with Crippen LogP contribution in [-0.2, 0) is 0 Å². The minimum atomic E-state index is -0.904. The van der Waals surface area contributed by atoms with E-state index in [0.717, 1.165) is 5.69 Å². The summed E-state index contributed by atoms with van der Waals surface area (Å²) in [5.74, 6) is 0.665. The summed E-state index contributed by atoms with van der Waals surface area (Å²) in [5.41, 5.74) is 0.545. The van der Waals surface area contributed by atoms with Gasteiger partial charge in [-0.05, 0) is 62.4 Å². The number of ketones is 1. The van der Waals surface area contributed by atoms with Gasteiger partial charge in [-0.25, -0.2) is 4.79 Å². The molecule has 0 saturated carbocycles. The molecule has 0 bridgehead atoms. The minimum absolute atomic E-state index is 0.207. The highest BCUT2D eigenvalue weighted by molar-refractivity contribution is 6.08. The van der Waals surface area contributed by atoms with Gasteiger partial charge in [-0.1, -0.05) is 18.2 Å². The van der Waals surface area contributed by atoms with Crippen LogP contribution in [0.4, 0.5) is 0 Å². The zero-order chi connectivity index (χ0) is 24.2. The Kier molecular flexibility index (Phi) is 6.31. The Morgan fingerprint density at radius 1 is 1.06 bits per heavy atom. The standard InChI is InChI=1S/C26H22N2O6/c1-16-15-23(30)24(26(31)33-16)22(29)14-13-21-17(2)27-28(18-7-5-4-6-8-18)25(21)34-20-11-9-19(32-3)10-12-20/h4-15,30H,1-3H3/b14-13+. The van der Waals surface area contributed by atoms with Gasteiger partial charge < -0.3 is 19.0 Å². The first kappa shape index (κ1) is 22.6. The first-order valence-corrected chi connectivity index (χ1v) is 10.4. The number of methoxy groups -OCH3 is 1. The van der Waals surface area contributed by atoms with Crippen LogP contribution < -0.4 is 15.1 Å². The molecule has 0 fully saturated rings. The number of rotatable bonds is 7. The second-order valence-corrected chi connectivity index (χ2v) is 7.43. The van der Waals surface area contributed by atoms with E-state index >= 15 is 0 Å². The molecule has 4 aromatic rings. The number of carbonyl (C=O) groups is 1. The highest BCUT2D eigenvalue weighted by atomic mass is 16.5. The average Bonchev–Trinajstić information content (AvgIpc) is 3.13. The summed E-state index contributed by atoms with van der Waals surface area (Å²) in [4.78, 5) is 24.8. The van der Waals surface area contributed by atoms with E-state index in [1.807, 2.05) is 30.3 Å². The fourth-order valence-electron chi connectivity index (χ4n) is 3.37. The molecule has 0 atom stereocenters. The van der Waals surface area contributed by atoms with Crippen molar-refractivity contribution in [1.29, 1.82) is 0 Å². The lowest BCUT2D eigenvalue weighted by Gasteiger charge is -2.11. The van der Waals surface area contributed by atoms with E-state index in [1.165, 1.54) is 25.1 Å². The molecule has 0 aliphatic heterocycles. The summed E-state index contributed by atoms with van der Waals surface area (Å²) >= 11 is 0. The molecule has 8 heteroatoms. The largest absolute Gasteiger partial charge is 0.507 e. The Morgan fingerprint density at radius 2 is 1.74 bits per heavy atom. The molecule has 2 heterocycles. The van der Waals surface area contributed by atoms with Crippen LogP contribution in [0, 0.1) is 13.8 Å². The van der Waals surface area contributed by atoms with Crippen LogP contribution in [0.5, 0.6) is 23.1 Å². The Morgan fingerprint density at radius 3 is 2.38 bits per heavy atom. The smallest absolute Gasteiger partial charge is 0.351 e. The minimum Gasteiger partial charge on any atom is -0.507 e. The van der Waals surface area contributed by atoms with Crippen molar-refractivity contribution in [2.24, 2.45) is 0 Å². The summed E-state index contributed by atoms with van der Waals surface area (Å²) < 4.78 is 17.9. The van der Waals surface area contributed by atoms with Crippen LogP contribution >= 0.6 is 0 Å². The van der Waals surface area contributed by atoms with Gasteiger partial charge in [0.25, 0.3) is 0 Å². The van der Waals surface area contributed by atoms with Gasteiger partial charge in [0, 0.05) is 6.07 Å². The summed E-state index contributed by atoms with van der Waals surface area (Å²) in [7, 11) is 1.58. The van der Waals surface area contributed by atoms with Crippen LogP contribution in [0.2, 0.25) is 0 Å². The van der Waals surface area contributed by atoms with E-state index in [4.69, 9.17) is 13.9 Å². The van der Waals surface area contributed by atoms with E-state index < -0.39 is 22.7 Å². The maximum Gasteiger partial charge on any atom is 0.351 e.